The first-order chi connectivity index (χ1) is 10.7. The van der Waals surface area contributed by atoms with E-state index in [0.29, 0.717) is 6.08 Å². The van der Waals surface area contributed by atoms with Crippen molar-refractivity contribution < 1.29 is 27.8 Å². The second-order valence-corrected chi connectivity index (χ2v) is 5.54. The standard InChI is InChI=1S/C16H18F3NO3/c1-3-23-15(22)11(8-20-10-4-5-10)14(21)13-9(2)6-16(18,19)7-12(13)17/h6,8,10,21H,3-5,7H2,1-2H3. The molecule has 0 aromatic rings. The lowest BCUT2D eigenvalue weighted by atomic mass is 9.92. The fourth-order valence-electron chi connectivity index (χ4n) is 2.22. The smallest absolute Gasteiger partial charge is 0.343 e. The van der Waals surface area contributed by atoms with E-state index in [1.165, 1.54) is 6.92 Å². The number of halogens is 3. The van der Waals surface area contributed by atoms with Gasteiger partial charge in [-0.2, -0.15) is 0 Å². The van der Waals surface area contributed by atoms with Crippen molar-refractivity contribution in [3.05, 3.63) is 34.4 Å². The Morgan fingerprint density at radius 1 is 1.52 bits per heavy atom. The van der Waals surface area contributed by atoms with Gasteiger partial charge in [0.15, 0.2) is 0 Å². The Morgan fingerprint density at radius 3 is 2.70 bits per heavy atom. The first kappa shape index (κ1) is 17.3. The number of hydrogen-bond donors (Lipinski definition) is 1. The first-order valence-corrected chi connectivity index (χ1v) is 7.35. The summed E-state index contributed by atoms with van der Waals surface area (Å²) >= 11 is 0. The topological polar surface area (TPSA) is 58.9 Å². The lowest BCUT2D eigenvalue weighted by molar-refractivity contribution is -0.138. The second kappa shape index (κ2) is 6.60. The van der Waals surface area contributed by atoms with Gasteiger partial charge in [0.1, 0.15) is 17.2 Å². The summed E-state index contributed by atoms with van der Waals surface area (Å²) in [5, 5.41) is 10.3. The number of nitrogens with zero attached hydrogens (tertiary/aromatic N) is 1. The van der Waals surface area contributed by atoms with Gasteiger partial charge in [-0.3, -0.25) is 4.99 Å². The van der Waals surface area contributed by atoms with Crippen LogP contribution in [0, 0.1) is 0 Å². The van der Waals surface area contributed by atoms with E-state index in [9.17, 15) is 23.1 Å². The SMILES string of the molecule is CCOC(=O)C(C=NC1CC1)=C(O)C1=C(F)CC(F)(F)C=C1C. The highest BCUT2D eigenvalue weighted by Crippen LogP contribution is 2.39. The van der Waals surface area contributed by atoms with Gasteiger partial charge in [0.2, 0.25) is 0 Å². The molecule has 0 saturated heterocycles. The molecular formula is C16H18F3NO3. The van der Waals surface area contributed by atoms with Crippen molar-refractivity contribution >= 4 is 12.2 Å². The zero-order valence-corrected chi connectivity index (χ0v) is 12.9. The Bertz CT molecular complexity index is 628. The van der Waals surface area contributed by atoms with E-state index in [0.717, 1.165) is 19.1 Å². The number of ether oxygens (including phenoxy) is 1. The molecule has 7 heteroatoms. The van der Waals surface area contributed by atoms with E-state index < -0.39 is 35.5 Å². The van der Waals surface area contributed by atoms with Crippen LogP contribution in [-0.4, -0.2) is 35.9 Å². The molecule has 1 N–H and O–H groups in total. The van der Waals surface area contributed by atoms with Crippen LogP contribution in [0.1, 0.15) is 33.1 Å². The number of alkyl halides is 2. The molecule has 0 aromatic heterocycles. The lowest BCUT2D eigenvalue weighted by Crippen LogP contribution is -2.20. The highest BCUT2D eigenvalue weighted by molar-refractivity contribution is 6.10. The Balaban J connectivity index is 2.44. The van der Waals surface area contributed by atoms with Crippen LogP contribution in [0.5, 0.6) is 0 Å². The molecule has 1 saturated carbocycles. The Labute approximate surface area is 132 Å². The molecule has 2 aliphatic carbocycles. The molecule has 0 aromatic carbocycles. The van der Waals surface area contributed by atoms with E-state index in [4.69, 9.17) is 4.74 Å². The van der Waals surface area contributed by atoms with Crippen LogP contribution in [0.15, 0.2) is 39.4 Å². The number of aliphatic hydroxyl groups excluding tert-OH is 1. The highest BCUT2D eigenvalue weighted by Gasteiger charge is 2.36. The molecule has 0 amide bonds. The number of rotatable bonds is 5. The van der Waals surface area contributed by atoms with Gasteiger partial charge in [-0.1, -0.05) is 0 Å². The molecule has 0 aliphatic heterocycles. The summed E-state index contributed by atoms with van der Waals surface area (Å²) in [5.41, 5.74) is -0.874. The largest absolute Gasteiger partial charge is 0.506 e. The zero-order valence-electron chi connectivity index (χ0n) is 12.9. The minimum absolute atomic E-state index is 0.0568. The molecule has 4 nitrogen and oxygen atoms in total. The van der Waals surface area contributed by atoms with E-state index in [2.05, 4.69) is 4.99 Å². The third kappa shape index (κ3) is 4.24. The van der Waals surface area contributed by atoms with Crippen molar-refractivity contribution in [2.24, 2.45) is 4.99 Å². The van der Waals surface area contributed by atoms with Gasteiger partial charge in [-0.15, -0.1) is 0 Å². The molecular weight excluding hydrogens is 311 g/mol. The number of allylic oxidation sites excluding steroid dienone is 3. The molecule has 0 atom stereocenters. The van der Waals surface area contributed by atoms with Crippen molar-refractivity contribution in [1.29, 1.82) is 0 Å². The quantitative estimate of drug-likeness (QED) is 0.361. The Morgan fingerprint density at radius 2 is 2.17 bits per heavy atom. The second-order valence-electron chi connectivity index (χ2n) is 5.54. The molecule has 2 aliphatic rings. The number of carbonyl (C=O) groups is 1. The van der Waals surface area contributed by atoms with Crippen LogP contribution in [0.25, 0.3) is 0 Å². The average molecular weight is 329 g/mol. The normalized spacial score (nSPS) is 22.0. The molecule has 126 valence electrons. The summed E-state index contributed by atoms with van der Waals surface area (Å²) < 4.78 is 45.5. The minimum atomic E-state index is -3.32. The van der Waals surface area contributed by atoms with Gasteiger partial charge in [0, 0.05) is 6.21 Å². The maximum atomic E-state index is 14.0. The molecule has 23 heavy (non-hydrogen) atoms. The molecule has 0 bridgehead atoms. The number of aliphatic imine (C=N–C) groups is 1. The third-order valence-electron chi connectivity index (χ3n) is 3.43. The predicted octanol–water partition coefficient (Wildman–Crippen LogP) is 3.80. The van der Waals surface area contributed by atoms with Gasteiger partial charge < -0.3 is 9.84 Å². The summed E-state index contributed by atoms with van der Waals surface area (Å²) in [5.74, 6) is -6.09. The van der Waals surface area contributed by atoms with Crippen LogP contribution >= 0.6 is 0 Å². The highest BCUT2D eigenvalue weighted by atomic mass is 19.3. The van der Waals surface area contributed by atoms with Gasteiger partial charge in [-0.05, 0) is 38.3 Å². The number of esters is 1. The molecule has 1 fully saturated rings. The maximum absolute atomic E-state index is 14.0. The summed E-state index contributed by atoms with van der Waals surface area (Å²) in [6, 6.07) is 0.0679. The molecule has 0 unspecified atom stereocenters. The minimum Gasteiger partial charge on any atom is -0.506 e. The fraction of sp³-hybridized carbons (Fsp3) is 0.500. The number of hydrogen-bond acceptors (Lipinski definition) is 4. The monoisotopic (exact) mass is 329 g/mol. The summed E-state index contributed by atoms with van der Waals surface area (Å²) in [4.78, 5) is 16.0. The number of aliphatic hydroxyl groups is 1. The molecule has 2 rings (SSSR count). The van der Waals surface area contributed by atoms with Crippen LogP contribution in [0.2, 0.25) is 0 Å². The summed E-state index contributed by atoms with van der Waals surface area (Å²) in [6.07, 6.45) is 2.29. The van der Waals surface area contributed by atoms with E-state index >= 15 is 0 Å². The van der Waals surface area contributed by atoms with Crippen molar-refractivity contribution in [3.8, 4) is 0 Å². The van der Waals surface area contributed by atoms with E-state index in [1.54, 1.807) is 6.92 Å². The third-order valence-corrected chi connectivity index (χ3v) is 3.43. The van der Waals surface area contributed by atoms with Crippen LogP contribution in [-0.2, 0) is 9.53 Å². The summed E-state index contributed by atoms with van der Waals surface area (Å²) in [7, 11) is 0. The van der Waals surface area contributed by atoms with E-state index in [-0.39, 0.29) is 23.8 Å². The van der Waals surface area contributed by atoms with Crippen LogP contribution in [0.3, 0.4) is 0 Å². The Hall–Kier alpha value is -2.05. The zero-order chi connectivity index (χ0) is 17.2. The van der Waals surface area contributed by atoms with Gasteiger partial charge in [-0.25, -0.2) is 18.0 Å². The van der Waals surface area contributed by atoms with E-state index in [1.807, 2.05) is 0 Å². The maximum Gasteiger partial charge on any atom is 0.343 e. The average Bonchev–Trinajstić information content (AvgIpc) is 3.20. The van der Waals surface area contributed by atoms with Gasteiger partial charge in [0.05, 0.1) is 24.6 Å². The number of carbonyl (C=O) groups excluding carboxylic acids is 1. The predicted molar refractivity (Wildman–Crippen MR) is 79.3 cm³/mol. The summed E-state index contributed by atoms with van der Waals surface area (Å²) in [6.45, 7) is 2.89. The molecule has 0 radical (unpaired) electrons. The van der Waals surface area contributed by atoms with Crippen molar-refractivity contribution in [2.75, 3.05) is 6.61 Å². The van der Waals surface area contributed by atoms with Crippen molar-refractivity contribution in [1.82, 2.24) is 0 Å². The van der Waals surface area contributed by atoms with Crippen LogP contribution in [0.4, 0.5) is 13.2 Å². The molecule has 0 heterocycles. The van der Waals surface area contributed by atoms with Gasteiger partial charge in [0.25, 0.3) is 5.92 Å². The molecule has 0 spiro atoms. The van der Waals surface area contributed by atoms with Crippen molar-refractivity contribution in [2.45, 2.75) is 45.1 Å². The van der Waals surface area contributed by atoms with Crippen molar-refractivity contribution in [3.63, 3.8) is 0 Å². The van der Waals surface area contributed by atoms with Gasteiger partial charge >= 0.3 is 5.97 Å². The van der Waals surface area contributed by atoms with Crippen LogP contribution < -0.4 is 0 Å². The Kier molecular flexibility index (Phi) is 4.97. The first-order valence-electron chi connectivity index (χ1n) is 7.35. The fourth-order valence-corrected chi connectivity index (χ4v) is 2.22. The lowest BCUT2D eigenvalue weighted by Gasteiger charge is -2.21.